The van der Waals surface area contributed by atoms with Gasteiger partial charge in [-0.25, -0.2) is 0 Å². The zero-order valence-electron chi connectivity index (χ0n) is 16.9. The standard InChI is InChI=1S/C20H24N6O3.ClH/c1-12-9-17(27)22-15-5-3-4-6-16(15)26(12)18(28)11-25(2)20(29)19-13-10-21-8-7-14(13)23-24-19;/h3-6,12,21H,7-11H2,1-2H3,(H,22,27)(H,23,24);1H. The number of H-pyrrole nitrogens is 1. The molecular weight excluding hydrogens is 408 g/mol. The SMILES string of the molecule is CC1CC(=O)Nc2ccccc2N1C(=O)CN(C)C(=O)c1n[nH]c2c1CNCC2.Cl. The highest BCUT2D eigenvalue weighted by molar-refractivity contribution is 6.06. The van der Waals surface area contributed by atoms with Crippen LogP contribution in [0.25, 0.3) is 0 Å². The number of carbonyl (C=O) groups excluding carboxylic acids is 3. The molecule has 0 saturated carbocycles. The first-order valence-corrected chi connectivity index (χ1v) is 9.69. The van der Waals surface area contributed by atoms with Crippen LogP contribution in [0.4, 0.5) is 11.4 Å². The van der Waals surface area contributed by atoms with Gasteiger partial charge in [0.1, 0.15) is 6.54 Å². The highest BCUT2D eigenvalue weighted by atomic mass is 35.5. The van der Waals surface area contributed by atoms with E-state index in [2.05, 4.69) is 20.8 Å². The van der Waals surface area contributed by atoms with Crippen LogP contribution >= 0.6 is 12.4 Å². The van der Waals surface area contributed by atoms with Gasteiger partial charge in [0.05, 0.1) is 11.4 Å². The topological polar surface area (TPSA) is 110 Å². The third-order valence-corrected chi connectivity index (χ3v) is 5.36. The molecule has 9 nitrogen and oxygen atoms in total. The Kier molecular flexibility index (Phi) is 6.42. The van der Waals surface area contributed by atoms with Crippen LogP contribution in [0.15, 0.2) is 24.3 Å². The number of para-hydroxylation sites is 2. The molecule has 3 heterocycles. The zero-order chi connectivity index (χ0) is 20.5. The third kappa shape index (κ3) is 4.03. The molecule has 2 aliphatic rings. The van der Waals surface area contributed by atoms with Gasteiger partial charge in [-0.2, -0.15) is 5.10 Å². The summed E-state index contributed by atoms with van der Waals surface area (Å²) in [6.45, 7) is 3.15. The van der Waals surface area contributed by atoms with Gasteiger partial charge in [-0.05, 0) is 19.1 Å². The van der Waals surface area contributed by atoms with Crippen LogP contribution in [0.5, 0.6) is 0 Å². The van der Waals surface area contributed by atoms with Crippen molar-refractivity contribution in [2.45, 2.75) is 32.4 Å². The monoisotopic (exact) mass is 432 g/mol. The van der Waals surface area contributed by atoms with Crippen molar-refractivity contribution in [2.75, 3.05) is 30.4 Å². The largest absolute Gasteiger partial charge is 0.331 e. The summed E-state index contributed by atoms with van der Waals surface area (Å²) >= 11 is 0. The predicted octanol–water partition coefficient (Wildman–Crippen LogP) is 1.31. The van der Waals surface area contributed by atoms with Crippen LogP contribution in [0.1, 0.15) is 35.1 Å². The van der Waals surface area contributed by atoms with E-state index in [-0.39, 0.29) is 49.1 Å². The van der Waals surface area contributed by atoms with Gasteiger partial charge >= 0.3 is 0 Å². The van der Waals surface area contributed by atoms with E-state index in [1.54, 1.807) is 24.1 Å². The Labute approximate surface area is 180 Å². The van der Waals surface area contributed by atoms with Crippen molar-refractivity contribution in [1.82, 2.24) is 20.4 Å². The summed E-state index contributed by atoms with van der Waals surface area (Å²) in [6.07, 6.45) is 0.984. The Morgan fingerprint density at radius 2 is 2.07 bits per heavy atom. The number of aromatic nitrogens is 2. The maximum atomic E-state index is 13.2. The summed E-state index contributed by atoms with van der Waals surface area (Å²) in [5, 5.41) is 13.2. The number of amides is 3. The first-order valence-electron chi connectivity index (χ1n) is 9.69. The van der Waals surface area contributed by atoms with Crippen LogP contribution in [0, 0.1) is 0 Å². The summed E-state index contributed by atoms with van der Waals surface area (Å²) in [5.74, 6) is -0.690. The Bertz CT molecular complexity index is 975. The van der Waals surface area contributed by atoms with Crippen molar-refractivity contribution in [3.63, 3.8) is 0 Å². The molecule has 10 heteroatoms. The van der Waals surface area contributed by atoms with Crippen molar-refractivity contribution >= 4 is 41.5 Å². The fraction of sp³-hybridized carbons (Fsp3) is 0.400. The second-order valence-electron chi connectivity index (χ2n) is 7.50. The number of hydrogen-bond acceptors (Lipinski definition) is 5. The molecule has 0 saturated heterocycles. The molecule has 2 aliphatic heterocycles. The molecule has 160 valence electrons. The molecule has 30 heavy (non-hydrogen) atoms. The molecular formula is C20H25ClN6O3. The lowest BCUT2D eigenvalue weighted by molar-refractivity contribution is -0.119. The lowest BCUT2D eigenvalue weighted by Gasteiger charge is -2.29. The first kappa shape index (κ1) is 21.8. The second-order valence-corrected chi connectivity index (χ2v) is 7.50. The quantitative estimate of drug-likeness (QED) is 0.677. The number of fused-ring (bicyclic) bond motifs is 2. The van der Waals surface area contributed by atoms with Crippen molar-refractivity contribution in [3.8, 4) is 0 Å². The minimum Gasteiger partial charge on any atom is -0.331 e. The minimum atomic E-state index is -0.322. The molecule has 0 bridgehead atoms. The van der Waals surface area contributed by atoms with Gasteiger partial charge in [-0.3, -0.25) is 19.5 Å². The molecule has 0 radical (unpaired) electrons. The van der Waals surface area contributed by atoms with Crippen molar-refractivity contribution < 1.29 is 14.4 Å². The van der Waals surface area contributed by atoms with Crippen molar-refractivity contribution in [1.29, 1.82) is 0 Å². The number of nitrogens with one attached hydrogen (secondary N) is 3. The molecule has 4 rings (SSSR count). The van der Waals surface area contributed by atoms with Crippen LogP contribution < -0.4 is 15.5 Å². The second kappa shape index (κ2) is 8.85. The number of hydrogen-bond donors (Lipinski definition) is 3. The van der Waals surface area contributed by atoms with Gasteiger partial charge in [0.25, 0.3) is 5.91 Å². The molecule has 3 N–H and O–H groups in total. The smallest absolute Gasteiger partial charge is 0.274 e. The lowest BCUT2D eigenvalue weighted by Crippen LogP contribution is -2.45. The molecule has 1 unspecified atom stereocenters. The Hall–Kier alpha value is -2.91. The van der Waals surface area contributed by atoms with Crippen LogP contribution in [0.3, 0.4) is 0 Å². The van der Waals surface area contributed by atoms with E-state index >= 15 is 0 Å². The molecule has 0 fully saturated rings. The molecule has 1 aromatic carbocycles. The Balaban J connectivity index is 0.00000256. The summed E-state index contributed by atoms with van der Waals surface area (Å²) in [7, 11) is 1.59. The van der Waals surface area contributed by atoms with E-state index in [0.29, 0.717) is 23.6 Å². The van der Waals surface area contributed by atoms with E-state index < -0.39 is 0 Å². The number of carbonyl (C=O) groups is 3. The Morgan fingerprint density at radius 3 is 2.87 bits per heavy atom. The number of likely N-dealkylation sites (N-methyl/N-ethyl adjacent to an activating group) is 1. The summed E-state index contributed by atoms with van der Waals surface area (Å²) in [6, 6.07) is 6.87. The fourth-order valence-electron chi connectivity index (χ4n) is 3.90. The Morgan fingerprint density at radius 1 is 1.30 bits per heavy atom. The molecule has 2 aromatic rings. The number of anilines is 2. The molecule has 1 aromatic heterocycles. The predicted molar refractivity (Wildman–Crippen MR) is 115 cm³/mol. The molecule has 1 atom stereocenters. The number of nitrogens with zero attached hydrogens (tertiary/aromatic N) is 3. The number of rotatable bonds is 3. The van der Waals surface area contributed by atoms with Gasteiger partial charge in [0.2, 0.25) is 11.8 Å². The van der Waals surface area contributed by atoms with Crippen LogP contribution in [-0.2, 0) is 22.6 Å². The van der Waals surface area contributed by atoms with Crippen molar-refractivity contribution in [3.05, 3.63) is 41.2 Å². The maximum Gasteiger partial charge on any atom is 0.274 e. The van der Waals surface area contributed by atoms with E-state index in [9.17, 15) is 14.4 Å². The normalized spacial score (nSPS) is 17.7. The zero-order valence-corrected chi connectivity index (χ0v) is 17.7. The summed E-state index contributed by atoms with van der Waals surface area (Å²) in [4.78, 5) is 41.2. The van der Waals surface area contributed by atoms with Crippen LogP contribution in [-0.4, -0.2) is 59.0 Å². The average Bonchev–Trinajstić information content (AvgIpc) is 3.07. The number of aromatic amines is 1. The van der Waals surface area contributed by atoms with E-state index in [1.807, 2.05) is 19.1 Å². The first-order chi connectivity index (χ1) is 14.0. The molecule has 0 aliphatic carbocycles. The highest BCUT2D eigenvalue weighted by Gasteiger charge is 2.31. The maximum absolute atomic E-state index is 13.2. The fourth-order valence-corrected chi connectivity index (χ4v) is 3.90. The van der Waals surface area contributed by atoms with Crippen molar-refractivity contribution in [2.24, 2.45) is 0 Å². The number of halogens is 1. The van der Waals surface area contributed by atoms with E-state index in [0.717, 1.165) is 24.2 Å². The van der Waals surface area contributed by atoms with E-state index in [1.165, 1.54) is 4.90 Å². The molecule has 3 amide bonds. The van der Waals surface area contributed by atoms with Gasteiger partial charge in [0, 0.05) is 50.3 Å². The average molecular weight is 433 g/mol. The third-order valence-electron chi connectivity index (χ3n) is 5.36. The molecule has 0 spiro atoms. The summed E-state index contributed by atoms with van der Waals surface area (Å²) < 4.78 is 0. The lowest BCUT2D eigenvalue weighted by atomic mass is 10.1. The van der Waals surface area contributed by atoms with Gasteiger partial charge in [0.15, 0.2) is 5.69 Å². The number of benzene rings is 1. The minimum absolute atomic E-state index is 0. The van der Waals surface area contributed by atoms with Gasteiger partial charge < -0.3 is 20.4 Å². The van der Waals surface area contributed by atoms with Crippen LogP contribution in [0.2, 0.25) is 0 Å². The summed E-state index contributed by atoms with van der Waals surface area (Å²) in [5.41, 5.74) is 3.41. The highest BCUT2D eigenvalue weighted by Crippen LogP contribution is 2.31. The van der Waals surface area contributed by atoms with Gasteiger partial charge in [-0.15, -0.1) is 12.4 Å². The van der Waals surface area contributed by atoms with Gasteiger partial charge in [-0.1, -0.05) is 12.1 Å². The van der Waals surface area contributed by atoms with E-state index in [4.69, 9.17) is 0 Å².